The second-order valence-corrected chi connectivity index (χ2v) is 6.07. The molecule has 0 bridgehead atoms. The first-order valence-corrected chi connectivity index (χ1v) is 8.16. The topological polar surface area (TPSA) is 12.9 Å². The lowest BCUT2D eigenvalue weighted by Crippen LogP contribution is -1.88. The molecular weight excluding hydrogens is 290 g/mol. The van der Waals surface area contributed by atoms with Crippen molar-refractivity contribution in [2.45, 2.75) is 0 Å². The molecule has 1 nitrogen and oxygen atoms in total. The van der Waals surface area contributed by atoms with Gasteiger partial charge in [-0.1, -0.05) is 72.8 Å². The van der Waals surface area contributed by atoms with Crippen LogP contribution in [0.4, 0.5) is 0 Å². The van der Waals surface area contributed by atoms with Gasteiger partial charge in [-0.2, -0.15) is 0 Å². The highest BCUT2D eigenvalue weighted by atomic mass is 14.6. The first kappa shape index (κ1) is 13.3. The van der Waals surface area contributed by atoms with Gasteiger partial charge in [-0.25, -0.2) is 0 Å². The molecule has 0 radical (unpaired) electrons. The Kier molecular flexibility index (Phi) is 2.86. The minimum atomic E-state index is 1.06. The molecule has 0 saturated carbocycles. The largest absolute Gasteiger partial charge is 0.256 e. The van der Waals surface area contributed by atoms with Crippen LogP contribution in [-0.2, 0) is 0 Å². The zero-order chi connectivity index (χ0) is 15.9. The number of rotatable bonds is 1. The van der Waals surface area contributed by atoms with Crippen molar-refractivity contribution < 1.29 is 0 Å². The van der Waals surface area contributed by atoms with Gasteiger partial charge in [0.1, 0.15) is 0 Å². The highest BCUT2D eigenvalue weighted by molar-refractivity contribution is 6.20. The van der Waals surface area contributed by atoms with E-state index >= 15 is 0 Å². The van der Waals surface area contributed by atoms with Crippen LogP contribution in [0.2, 0.25) is 0 Å². The van der Waals surface area contributed by atoms with E-state index in [1.54, 1.807) is 0 Å². The van der Waals surface area contributed by atoms with Gasteiger partial charge in [0.2, 0.25) is 0 Å². The molecule has 1 heteroatoms. The number of aromatic nitrogens is 1. The maximum atomic E-state index is 4.69. The van der Waals surface area contributed by atoms with Crippen LogP contribution in [0.25, 0.3) is 43.6 Å². The molecule has 4 aromatic carbocycles. The van der Waals surface area contributed by atoms with E-state index in [2.05, 4.69) is 83.8 Å². The van der Waals surface area contributed by atoms with Gasteiger partial charge >= 0.3 is 0 Å². The summed E-state index contributed by atoms with van der Waals surface area (Å²) in [6.07, 6.45) is 1.88. The Morgan fingerprint density at radius 3 is 2.25 bits per heavy atom. The van der Waals surface area contributed by atoms with E-state index in [0.717, 1.165) is 5.52 Å². The number of benzene rings is 4. The Morgan fingerprint density at radius 2 is 1.33 bits per heavy atom. The van der Waals surface area contributed by atoms with E-state index in [-0.39, 0.29) is 0 Å². The van der Waals surface area contributed by atoms with Crippen LogP contribution in [0.1, 0.15) is 0 Å². The van der Waals surface area contributed by atoms with Crippen LogP contribution < -0.4 is 0 Å². The van der Waals surface area contributed by atoms with E-state index in [1.165, 1.54) is 38.1 Å². The predicted octanol–water partition coefficient (Wildman–Crippen LogP) is 6.21. The summed E-state index contributed by atoms with van der Waals surface area (Å²) in [5.74, 6) is 0. The SMILES string of the molecule is c1ccc(-c2cc3c4ccccc4ccc3c3cccnc23)cc1. The normalized spacial score (nSPS) is 11.3. The Hall–Kier alpha value is -3.19. The van der Waals surface area contributed by atoms with Crippen LogP contribution in [0.5, 0.6) is 0 Å². The quantitative estimate of drug-likeness (QED) is 0.336. The fraction of sp³-hybridized carbons (Fsp3) is 0. The van der Waals surface area contributed by atoms with Crippen molar-refractivity contribution >= 4 is 32.4 Å². The van der Waals surface area contributed by atoms with Crippen molar-refractivity contribution in [2.24, 2.45) is 0 Å². The molecule has 5 aromatic rings. The van der Waals surface area contributed by atoms with Crippen molar-refractivity contribution in [2.75, 3.05) is 0 Å². The van der Waals surface area contributed by atoms with Gasteiger partial charge < -0.3 is 0 Å². The molecule has 0 atom stereocenters. The first-order valence-electron chi connectivity index (χ1n) is 8.16. The Bertz CT molecular complexity index is 1190. The lowest BCUT2D eigenvalue weighted by Gasteiger charge is -2.12. The molecule has 5 rings (SSSR count). The summed E-state index contributed by atoms with van der Waals surface area (Å²) < 4.78 is 0. The monoisotopic (exact) mass is 305 g/mol. The second kappa shape index (κ2) is 5.17. The summed E-state index contributed by atoms with van der Waals surface area (Å²) in [6.45, 7) is 0. The smallest absolute Gasteiger partial charge is 0.0786 e. The van der Waals surface area contributed by atoms with Crippen LogP contribution >= 0.6 is 0 Å². The van der Waals surface area contributed by atoms with Gasteiger partial charge in [0.05, 0.1) is 5.52 Å². The highest BCUT2D eigenvalue weighted by Crippen LogP contribution is 2.36. The summed E-state index contributed by atoms with van der Waals surface area (Å²) in [6, 6.07) is 30.0. The lowest BCUT2D eigenvalue weighted by molar-refractivity contribution is 1.42. The molecule has 0 aliphatic carbocycles. The molecule has 0 aliphatic rings. The molecular formula is C23H15N. The third-order valence-corrected chi connectivity index (χ3v) is 4.70. The van der Waals surface area contributed by atoms with Crippen LogP contribution in [0, 0.1) is 0 Å². The molecule has 1 aromatic heterocycles. The average Bonchev–Trinajstić information content (AvgIpc) is 2.67. The zero-order valence-electron chi connectivity index (χ0n) is 13.1. The standard InChI is InChI=1S/C23H15N/c1-2-7-16(8-3-1)21-15-22-18-10-5-4-9-17(18)12-13-19(22)20-11-6-14-24-23(20)21/h1-15H. The van der Waals surface area contributed by atoms with Gasteiger partial charge in [-0.3, -0.25) is 4.98 Å². The van der Waals surface area contributed by atoms with E-state index in [0.29, 0.717) is 0 Å². The third-order valence-electron chi connectivity index (χ3n) is 4.70. The number of fused-ring (bicyclic) bond motifs is 5. The van der Waals surface area contributed by atoms with E-state index in [9.17, 15) is 0 Å². The zero-order valence-corrected chi connectivity index (χ0v) is 13.1. The lowest BCUT2D eigenvalue weighted by atomic mass is 9.93. The Morgan fingerprint density at radius 1 is 0.542 bits per heavy atom. The van der Waals surface area contributed by atoms with Crippen molar-refractivity contribution in [1.29, 1.82) is 0 Å². The molecule has 24 heavy (non-hydrogen) atoms. The average molecular weight is 305 g/mol. The maximum absolute atomic E-state index is 4.69. The van der Waals surface area contributed by atoms with Crippen LogP contribution in [0.3, 0.4) is 0 Å². The van der Waals surface area contributed by atoms with Gasteiger partial charge in [0.15, 0.2) is 0 Å². The van der Waals surface area contributed by atoms with Crippen LogP contribution in [0.15, 0.2) is 91.1 Å². The number of hydrogen-bond donors (Lipinski definition) is 0. The van der Waals surface area contributed by atoms with Crippen molar-refractivity contribution in [3.05, 3.63) is 91.1 Å². The number of pyridine rings is 1. The molecule has 0 saturated heterocycles. The summed E-state index contributed by atoms with van der Waals surface area (Å²) in [7, 11) is 0. The molecule has 112 valence electrons. The summed E-state index contributed by atoms with van der Waals surface area (Å²) in [4.78, 5) is 4.69. The van der Waals surface area contributed by atoms with E-state index in [4.69, 9.17) is 0 Å². The van der Waals surface area contributed by atoms with E-state index < -0.39 is 0 Å². The summed E-state index contributed by atoms with van der Waals surface area (Å²) >= 11 is 0. The fourth-order valence-electron chi connectivity index (χ4n) is 3.57. The van der Waals surface area contributed by atoms with Crippen LogP contribution in [-0.4, -0.2) is 4.98 Å². The van der Waals surface area contributed by atoms with E-state index in [1.807, 2.05) is 12.3 Å². The molecule has 0 amide bonds. The van der Waals surface area contributed by atoms with Gasteiger partial charge in [0.25, 0.3) is 0 Å². The second-order valence-electron chi connectivity index (χ2n) is 6.07. The van der Waals surface area contributed by atoms with Crippen molar-refractivity contribution in [3.8, 4) is 11.1 Å². The predicted molar refractivity (Wildman–Crippen MR) is 102 cm³/mol. The Balaban J connectivity index is 2.02. The molecule has 0 aliphatic heterocycles. The molecule has 0 spiro atoms. The fourth-order valence-corrected chi connectivity index (χ4v) is 3.57. The molecule has 0 unspecified atom stereocenters. The first-order chi connectivity index (χ1) is 11.9. The summed E-state index contributed by atoms with van der Waals surface area (Å²) in [5.41, 5.74) is 3.46. The number of nitrogens with zero attached hydrogens (tertiary/aromatic N) is 1. The minimum absolute atomic E-state index is 1.06. The minimum Gasteiger partial charge on any atom is -0.256 e. The molecule has 1 heterocycles. The van der Waals surface area contributed by atoms with Gasteiger partial charge in [-0.15, -0.1) is 0 Å². The third kappa shape index (κ3) is 1.92. The number of hydrogen-bond acceptors (Lipinski definition) is 1. The summed E-state index contributed by atoms with van der Waals surface area (Å²) in [5, 5.41) is 6.31. The van der Waals surface area contributed by atoms with Gasteiger partial charge in [-0.05, 0) is 39.2 Å². The maximum Gasteiger partial charge on any atom is 0.0786 e. The van der Waals surface area contributed by atoms with Gasteiger partial charge in [0, 0.05) is 17.1 Å². The Labute approximate surface area is 140 Å². The van der Waals surface area contributed by atoms with Crippen molar-refractivity contribution in [1.82, 2.24) is 4.98 Å². The van der Waals surface area contributed by atoms with Crippen molar-refractivity contribution in [3.63, 3.8) is 0 Å². The molecule has 0 fully saturated rings. The highest BCUT2D eigenvalue weighted by Gasteiger charge is 2.11. The molecule has 0 N–H and O–H groups in total.